The van der Waals surface area contributed by atoms with E-state index in [1.807, 2.05) is 23.7 Å². The minimum Gasteiger partial charge on any atom is -0.252 e. The first-order chi connectivity index (χ1) is 43.4. The quantitative estimate of drug-likeness (QED) is 0.156. The van der Waals surface area contributed by atoms with Crippen LogP contribution in [0, 0.1) is 0 Å². The zero-order valence-corrected chi connectivity index (χ0v) is 49.2. The largest absolute Gasteiger partial charge is 0.252 e. The molecule has 88 heavy (non-hydrogen) atoms. The van der Waals surface area contributed by atoms with Gasteiger partial charge in [-0.3, -0.25) is 9.97 Å². The predicted molar refractivity (Wildman–Crippen MR) is 372 cm³/mol. The summed E-state index contributed by atoms with van der Waals surface area (Å²) in [6, 6.07) is 100. The summed E-state index contributed by atoms with van der Waals surface area (Å²) in [5, 5.41) is 12.0. The molecule has 0 saturated carbocycles. The van der Waals surface area contributed by atoms with E-state index in [1.54, 1.807) is 0 Å². The number of aromatic nitrogens is 4. The Kier molecular flexibility index (Phi) is 12.1. The molecule has 0 spiro atoms. The molecule has 0 amide bonds. The van der Waals surface area contributed by atoms with Gasteiger partial charge in [-0.25, -0.2) is 9.97 Å². The van der Waals surface area contributed by atoms with E-state index in [-0.39, 0.29) is 5.41 Å². The summed E-state index contributed by atoms with van der Waals surface area (Å²) in [5.41, 5.74) is 22.8. The van der Waals surface area contributed by atoms with Crippen LogP contribution in [0.25, 0.3) is 163 Å². The van der Waals surface area contributed by atoms with Crippen LogP contribution in [0.4, 0.5) is 0 Å². The normalized spacial score (nSPS) is 12.5. The third kappa shape index (κ3) is 8.49. The SMILES string of the molecule is CC1(C)c2ccccc2-c2ccc(-c3cccc(-c4cccc(-c5cnc6c7ccccc7c7ccccc7c6n5)c4)c3)cc21.c1cc(-c2cccc(-c3cccc4c3sc3ccccc34)c2)cc(-c2cnc3c4ccccc4c4ccccc4c3n2)c1. The molecule has 0 unspecified atom stereocenters. The topological polar surface area (TPSA) is 51.6 Å². The summed E-state index contributed by atoms with van der Waals surface area (Å²) in [6.45, 7) is 4.68. The molecule has 0 radical (unpaired) electrons. The van der Waals surface area contributed by atoms with Gasteiger partial charge >= 0.3 is 0 Å². The summed E-state index contributed by atoms with van der Waals surface area (Å²) in [6.07, 6.45) is 3.84. The van der Waals surface area contributed by atoms with E-state index in [0.29, 0.717) is 0 Å². The van der Waals surface area contributed by atoms with E-state index in [1.165, 1.54) is 97.4 Å². The Labute approximate surface area is 513 Å². The van der Waals surface area contributed by atoms with Gasteiger partial charge in [0.2, 0.25) is 0 Å². The molecule has 5 heteroatoms. The Bertz CT molecular complexity index is 5630. The molecule has 3 aromatic heterocycles. The Morgan fingerprint density at radius 1 is 0.261 bits per heavy atom. The minimum absolute atomic E-state index is 0.0214. The molecule has 0 saturated heterocycles. The molecule has 1 aliphatic carbocycles. The van der Waals surface area contributed by atoms with E-state index in [2.05, 4.69) is 293 Å². The van der Waals surface area contributed by atoms with Crippen molar-refractivity contribution in [3.8, 4) is 78.1 Å². The van der Waals surface area contributed by atoms with E-state index in [9.17, 15) is 0 Å². The lowest BCUT2D eigenvalue weighted by Crippen LogP contribution is -2.14. The highest BCUT2D eigenvalue weighted by atomic mass is 32.1. The van der Waals surface area contributed by atoms with Crippen LogP contribution in [-0.4, -0.2) is 19.9 Å². The first-order valence-electron chi connectivity index (χ1n) is 30.1. The first-order valence-corrected chi connectivity index (χ1v) is 30.9. The zero-order chi connectivity index (χ0) is 58.5. The summed E-state index contributed by atoms with van der Waals surface area (Å²) >= 11 is 1.87. The fourth-order valence-electron chi connectivity index (χ4n) is 13.8. The maximum absolute atomic E-state index is 5.23. The van der Waals surface area contributed by atoms with Crippen molar-refractivity contribution in [3.63, 3.8) is 0 Å². The lowest BCUT2D eigenvalue weighted by molar-refractivity contribution is 0.660. The average molecular weight is 1140 g/mol. The third-order valence-electron chi connectivity index (χ3n) is 18.2. The molecular formula is C83H54N4S. The smallest absolute Gasteiger partial charge is 0.0979 e. The molecule has 14 aromatic carbocycles. The lowest BCUT2D eigenvalue weighted by atomic mass is 9.81. The number of hydrogen-bond donors (Lipinski definition) is 0. The zero-order valence-electron chi connectivity index (χ0n) is 48.4. The van der Waals surface area contributed by atoms with Crippen molar-refractivity contribution in [2.24, 2.45) is 0 Å². The van der Waals surface area contributed by atoms with Gasteiger partial charge in [0.05, 0.1) is 45.8 Å². The standard InChI is InChI=1S/C43H30N2.C40H24N2S/c1-43(2)38-20-8-7-17-34(38)35-22-21-30(25-39(35)43)28-12-9-11-27(23-28)29-13-10-14-31(24-29)40-26-44-41-36-18-5-3-15-32(36)33-16-4-6-19-37(33)42(41)45-40;1-3-17-33-30(14-1)31-15-2-4-18-34(31)39-38(33)41-24-36(42-39)28-13-8-11-26(23-28)25-10-7-12-27(22-25)29-19-9-20-35-32-16-5-6-21-37(32)43-40(29)35/h3-26H,1-2H3;1-24H. The Morgan fingerprint density at radius 2 is 0.625 bits per heavy atom. The fourth-order valence-corrected chi connectivity index (χ4v) is 15.1. The second-order valence-corrected chi connectivity index (χ2v) is 24.7. The van der Waals surface area contributed by atoms with Crippen LogP contribution >= 0.6 is 11.3 Å². The van der Waals surface area contributed by atoms with Crippen molar-refractivity contribution in [1.82, 2.24) is 19.9 Å². The highest BCUT2D eigenvalue weighted by molar-refractivity contribution is 7.26. The molecule has 0 bridgehead atoms. The number of nitrogens with zero attached hydrogens (tertiary/aromatic N) is 4. The fraction of sp³-hybridized carbons (Fsp3) is 0.0361. The van der Waals surface area contributed by atoms with Gasteiger partial charge in [-0.15, -0.1) is 11.3 Å². The molecule has 0 fully saturated rings. The summed E-state index contributed by atoms with van der Waals surface area (Å²) in [5.74, 6) is 0. The molecule has 0 atom stereocenters. The van der Waals surface area contributed by atoms with Gasteiger partial charge in [-0.2, -0.15) is 0 Å². The Balaban J connectivity index is 0.000000137. The van der Waals surface area contributed by atoms with Crippen molar-refractivity contribution < 1.29 is 0 Å². The van der Waals surface area contributed by atoms with Crippen LogP contribution in [0.15, 0.2) is 291 Å². The number of fused-ring (bicyclic) bond motifs is 18. The van der Waals surface area contributed by atoms with Gasteiger partial charge in [0.15, 0.2) is 0 Å². The number of thiophene rings is 1. The van der Waals surface area contributed by atoms with Crippen molar-refractivity contribution in [1.29, 1.82) is 0 Å². The molecule has 3 heterocycles. The molecule has 0 aliphatic heterocycles. The van der Waals surface area contributed by atoms with Crippen molar-refractivity contribution in [2.45, 2.75) is 19.3 Å². The number of benzene rings is 14. The average Bonchev–Trinajstić information content (AvgIpc) is 2.69. The van der Waals surface area contributed by atoms with Crippen LogP contribution in [-0.2, 0) is 5.41 Å². The third-order valence-corrected chi connectivity index (χ3v) is 19.4. The van der Waals surface area contributed by atoms with Gasteiger partial charge in [0, 0.05) is 58.3 Å². The first kappa shape index (κ1) is 51.4. The van der Waals surface area contributed by atoms with Gasteiger partial charge in [0.25, 0.3) is 0 Å². The molecule has 18 rings (SSSR count). The summed E-state index contributed by atoms with van der Waals surface area (Å²) in [4.78, 5) is 20.4. The van der Waals surface area contributed by atoms with E-state index in [0.717, 1.165) is 77.3 Å². The highest BCUT2D eigenvalue weighted by Crippen LogP contribution is 2.50. The number of rotatable bonds is 6. The minimum atomic E-state index is -0.0214. The second-order valence-electron chi connectivity index (χ2n) is 23.6. The van der Waals surface area contributed by atoms with Crippen LogP contribution in [0.3, 0.4) is 0 Å². The van der Waals surface area contributed by atoms with E-state index >= 15 is 0 Å². The molecule has 4 nitrogen and oxygen atoms in total. The van der Waals surface area contributed by atoms with E-state index in [4.69, 9.17) is 19.9 Å². The lowest BCUT2D eigenvalue weighted by Gasteiger charge is -2.22. The maximum Gasteiger partial charge on any atom is 0.0979 e. The van der Waals surface area contributed by atoms with Crippen molar-refractivity contribution in [2.75, 3.05) is 0 Å². The van der Waals surface area contributed by atoms with Gasteiger partial charge < -0.3 is 0 Å². The molecular weight excluding hydrogens is 1090 g/mol. The molecule has 0 N–H and O–H groups in total. The van der Waals surface area contributed by atoms with Crippen LogP contribution in [0.1, 0.15) is 25.0 Å². The van der Waals surface area contributed by atoms with Crippen LogP contribution < -0.4 is 0 Å². The van der Waals surface area contributed by atoms with Crippen molar-refractivity contribution >= 4 is 96.7 Å². The predicted octanol–water partition coefficient (Wildman–Crippen LogP) is 22.5. The van der Waals surface area contributed by atoms with Crippen molar-refractivity contribution in [3.05, 3.63) is 303 Å². The van der Waals surface area contributed by atoms with E-state index < -0.39 is 0 Å². The Hall–Kier alpha value is -11.0. The highest BCUT2D eigenvalue weighted by Gasteiger charge is 2.35. The molecule has 1 aliphatic rings. The monoisotopic (exact) mass is 1140 g/mol. The van der Waals surface area contributed by atoms with Gasteiger partial charge in [0.1, 0.15) is 0 Å². The second kappa shape index (κ2) is 20.6. The van der Waals surface area contributed by atoms with Gasteiger partial charge in [-0.05, 0) is 125 Å². The number of hydrogen-bond acceptors (Lipinski definition) is 5. The maximum atomic E-state index is 5.23. The van der Waals surface area contributed by atoms with Crippen LogP contribution in [0.2, 0.25) is 0 Å². The Morgan fingerprint density at radius 3 is 1.16 bits per heavy atom. The van der Waals surface area contributed by atoms with Gasteiger partial charge in [-0.1, -0.05) is 257 Å². The summed E-state index contributed by atoms with van der Waals surface area (Å²) in [7, 11) is 0. The molecule has 412 valence electrons. The summed E-state index contributed by atoms with van der Waals surface area (Å²) < 4.78 is 2.66. The molecule has 17 aromatic rings. The van der Waals surface area contributed by atoms with Crippen LogP contribution in [0.5, 0.6) is 0 Å².